The number of carbonyl (C=O) groups is 2. The van der Waals surface area contributed by atoms with Gasteiger partial charge in [-0.25, -0.2) is 18.4 Å². The van der Waals surface area contributed by atoms with Crippen molar-refractivity contribution in [3.8, 4) is 0 Å². The van der Waals surface area contributed by atoms with E-state index in [4.69, 9.17) is 16.3 Å². The van der Waals surface area contributed by atoms with Crippen molar-refractivity contribution in [2.24, 2.45) is 0 Å². The van der Waals surface area contributed by atoms with Gasteiger partial charge in [-0.3, -0.25) is 9.59 Å². The molecule has 202 valence electrons. The van der Waals surface area contributed by atoms with Gasteiger partial charge >= 0.3 is 0 Å². The van der Waals surface area contributed by atoms with E-state index in [0.29, 0.717) is 35.7 Å². The van der Waals surface area contributed by atoms with Crippen molar-refractivity contribution in [1.82, 2.24) is 15.3 Å². The summed E-state index contributed by atoms with van der Waals surface area (Å²) in [5, 5.41) is 5.47. The van der Waals surface area contributed by atoms with Crippen molar-refractivity contribution in [3.05, 3.63) is 68.3 Å². The second-order valence-electron chi connectivity index (χ2n) is 9.07. The topological polar surface area (TPSA) is 127 Å². The van der Waals surface area contributed by atoms with Gasteiger partial charge < -0.3 is 15.4 Å². The number of hydrogen-bond acceptors (Lipinski definition) is 8. The molecule has 1 aliphatic rings. The van der Waals surface area contributed by atoms with E-state index >= 15 is 0 Å². The summed E-state index contributed by atoms with van der Waals surface area (Å²) in [7, 11) is -2.35. The van der Waals surface area contributed by atoms with E-state index < -0.39 is 20.9 Å². The number of aryl methyl sites for hydroxylation is 2. The van der Waals surface area contributed by atoms with Crippen molar-refractivity contribution in [2.75, 3.05) is 25.6 Å². The first-order valence-electron chi connectivity index (χ1n) is 12.2. The van der Waals surface area contributed by atoms with E-state index in [0.717, 1.165) is 47.9 Å². The zero-order valence-electron chi connectivity index (χ0n) is 21.2. The minimum atomic E-state index is -3.95. The maximum atomic E-state index is 13.3. The molecule has 4 rings (SSSR count). The molecule has 0 atom stereocenters. The van der Waals surface area contributed by atoms with Crippen LogP contribution in [0.5, 0.6) is 0 Å². The van der Waals surface area contributed by atoms with Crippen molar-refractivity contribution in [2.45, 2.75) is 49.9 Å². The molecule has 2 N–H and O–H groups in total. The number of sulfone groups is 1. The highest BCUT2D eigenvalue weighted by atomic mass is 35.5. The lowest BCUT2D eigenvalue weighted by molar-refractivity contribution is 0.0948. The van der Waals surface area contributed by atoms with Crippen LogP contribution in [0, 0.1) is 6.92 Å². The fraction of sp³-hybridized carbons (Fsp3) is 0.385. The molecule has 38 heavy (non-hydrogen) atoms. The van der Waals surface area contributed by atoms with Gasteiger partial charge in [0, 0.05) is 25.1 Å². The zero-order valence-corrected chi connectivity index (χ0v) is 23.6. The first-order chi connectivity index (χ1) is 18.2. The highest BCUT2D eigenvalue weighted by Crippen LogP contribution is 2.38. The van der Waals surface area contributed by atoms with E-state index in [1.54, 1.807) is 25.3 Å². The second-order valence-corrected chi connectivity index (χ2v) is 12.5. The molecule has 2 amide bonds. The summed E-state index contributed by atoms with van der Waals surface area (Å²) in [4.78, 5) is 35.4. The highest BCUT2D eigenvalue weighted by molar-refractivity contribution is 7.90. The number of rotatable bonds is 10. The molecule has 0 unspecified atom stereocenters. The average Bonchev–Trinajstić information content (AvgIpc) is 3.24. The lowest BCUT2D eigenvalue weighted by Crippen LogP contribution is -2.27. The largest absolute Gasteiger partial charge is 0.385 e. The minimum absolute atomic E-state index is 0.0936. The van der Waals surface area contributed by atoms with E-state index in [9.17, 15) is 18.0 Å². The molecule has 2 heterocycles. The molecule has 0 aliphatic heterocycles. The number of ether oxygens (including phenoxy) is 1. The third kappa shape index (κ3) is 6.58. The normalized spacial score (nSPS) is 13.1. The van der Waals surface area contributed by atoms with Crippen LogP contribution in [-0.4, -0.2) is 50.5 Å². The molecule has 0 spiro atoms. The molecule has 0 bridgehead atoms. The molecular weight excluding hydrogens is 548 g/mol. The Kier molecular flexibility index (Phi) is 9.14. The smallest absolute Gasteiger partial charge is 0.276 e. The summed E-state index contributed by atoms with van der Waals surface area (Å²) in [6, 6.07) is 7.11. The van der Waals surface area contributed by atoms with Gasteiger partial charge in [0.25, 0.3) is 11.8 Å². The Morgan fingerprint density at radius 2 is 1.97 bits per heavy atom. The van der Waals surface area contributed by atoms with Gasteiger partial charge in [-0.2, -0.15) is 0 Å². The number of fused-ring (bicyclic) bond motifs is 1. The molecule has 2 aromatic heterocycles. The molecule has 0 radical (unpaired) electrons. The van der Waals surface area contributed by atoms with E-state index in [1.165, 1.54) is 11.3 Å². The number of carbonyl (C=O) groups excluding carboxylic acids is 2. The zero-order chi connectivity index (χ0) is 27.3. The van der Waals surface area contributed by atoms with Crippen molar-refractivity contribution < 1.29 is 22.7 Å². The van der Waals surface area contributed by atoms with Crippen molar-refractivity contribution in [1.29, 1.82) is 0 Å². The second kappa shape index (κ2) is 12.3. The Balaban J connectivity index is 1.59. The Hall–Kier alpha value is -2.86. The quantitative estimate of drug-likeness (QED) is 0.271. The van der Waals surface area contributed by atoms with E-state index in [1.807, 2.05) is 13.0 Å². The Morgan fingerprint density at radius 3 is 2.74 bits per heavy atom. The fourth-order valence-electron chi connectivity index (χ4n) is 4.31. The van der Waals surface area contributed by atoms with Crippen molar-refractivity contribution in [3.63, 3.8) is 0 Å². The predicted octanol–water partition coefficient (Wildman–Crippen LogP) is 4.37. The molecule has 0 saturated carbocycles. The standard InChI is InChI=1S/C26H29ClN4O5S2/c1-16-7-5-8-17(13-16)15-38(34,35)26-29-14-19(27)22(30-26)24(33)31-25-21(23(32)28-11-6-12-36-2)18-9-3-4-10-20(18)37-25/h5,7-8,13-14H,3-4,6,9-12,15H2,1-2H3,(H,28,32)(H,31,33). The summed E-state index contributed by atoms with van der Waals surface area (Å²) in [5.74, 6) is -1.30. The van der Waals surface area contributed by atoms with Crippen LogP contribution in [0.2, 0.25) is 5.02 Å². The minimum Gasteiger partial charge on any atom is -0.385 e. The van der Waals surface area contributed by atoms with Crippen LogP contribution in [0.3, 0.4) is 0 Å². The van der Waals surface area contributed by atoms with Crippen molar-refractivity contribution >= 4 is 49.6 Å². The van der Waals surface area contributed by atoms with Gasteiger partial charge in [-0.1, -0.05) is 41.4 Å². The van der Waals surface area contributed by atoms with Gasteiger partial charge in [-0.05, 0) is 50.2 Å². The first-order valence-corrected chi connectivity index (χ1v) is 15.1. The monoisotopic (exact) mass is 576 g/mol. The summed E-state index contributed by atoms with van der Waals surface area (Å²) < 4.78 is 31.1. The molecule has 0 fully saturated rings. The summed E-state index contributed by atoms with van der Waals surface area (Å²) in [5.41, 5.74) is 2.61. The maximum absolute atomic E-state index is 13.3. The number of methoxy groups -OCH3 is 1. The first kappa shape index (κ1) is 28.2. The predicted molar refractivity (Wildman–Crippen MR) is 147 cm³/mol. The fourth-order valence-corrected chi connectivity index (χ4v) is 6.96. The Morgan fingerprint density at radius 1 is 1.18 bits per heavy atom. The number of aromatic nitrogens is 2. The number of amides is 2. The molecule has 12 heteroatoms. The number of anilines is 1. The highest BCUT2D eigenvalue weighted by Gasteiger charge is 2.28. The van der Waals surface area contributed by atoms with Crippen LogP contribution in [0.4, 0.5) is 5.00 Å². The third-order valence-corrected chi connectivity index (χ3v) is 9.04. The van der Waals surface area contributed by atoms with Gasteiger partial charge in [0.2, 0.25) is 15.0 Å². The van der Waals surface area contributed by atoms with Crippen LogP contribution in [-0.2, 0) is 33.2 Å². The summed E-state index contributed by atoms with van der Waals surface area (Å²) in [6.07, 6.45) is 5.31. The number of nitrogens with zero attached hydrogens (tertiary/aromatic N) is 2. The molecule has 9 nitrogen and oxygen atoms in total. The lowest BCUT2D eigenvalue weighted by Gasteiger charge is -2.13. The van der Waals surface area contributed by atoms with Crippen LogP contribution in [0.1, 0.15) is 61.7 Å². The number of nitrogens with one attached hydrogen (secondary N) is 2. The maximum Gasteiger partial charge on any atom is 0.276 e. The summed E-state index contributed by atoms with van der Waals surface area (Å²) >= 11 is 7.58. The number of thiophene rings is 1. The van der Waals surface area contributed by atoms with E-state index in [2.05, 4.69) is 20.6 Å². The Bertz CT molecular complexity index is 1460. The Labute approximate surface area is 230 Å². The number of benzene rings is 1. The number of hydrogen-bond donors (Lipinski definition) is 2. The van der Waals surface area contributed by atoms with Gasteiger partial charge in [0.05, 0.1) is 22.5 Å². The molecular formula is C26H29ClN4O5S2. The van der Waals surface area contributed by atoms with Gasteiger partial charge in [0.15, 0.2) is 5.69 Å². The molecule has 3 aromatic rings. The molecule has 1 aliphatic carbocycles. The van der Waals surface area contributed by atoms with Crippen LogP contribution in [0.25, 0.3) is 0 Å². The molecule has 1 aromatic carbocycles. The SMILES string of the molecule is COCCCNC(=O)c1c(NC(=O)c2nc(S(=O)(=O)Cc3cccc(C)c3)ncc2Cl)sc2c1CCCC2. The lowest BCUT2D eigenvalue weighted by atomic mass is 9.95. The number of halogens is 1. The van der Waals surface area contributed by atoms with Gasteiger partial charge in [0.1, 0.15) is 5.00 Å². The van der Waals surface area contributed by atoms with Gasteiger partial charge in [-0.15, -0.1) is 11.3 Å². The van der Waals surface area contributed by atoms with E-state index in [-0.39, 0.29) is 22.4 Å². The third-order valence-electron chi connectivity index (χ3n) is 6.09. The van der Waals surface area contributed by atoms with Crippen LogP contribution >= 0.6 is 22.9 Å². The van der Waals surface area contributed by atoms with Crippen LogP contribution in [0.15, 0.2) is 35.6 Å². The molecule has 0 saturated heterocycles. The average molecular weight is 577 g/mol. The van der Waals surface area contributed by atoms with Crippen LogP contribution < -0.4 is 10.6 Å². The summed E-state index contributed by atoms with van der Waals surface area (Å²) in [6.45, 7) is 2.82.